The van der Waals surface area contributed by atoms with E-state index in [1.807, 2.05) is 0 Å². The van der Waals surface area contributed by atoms with E-state index in [0.29, 0.717) is 0 Å². The highest BCUT2D eigenvalue weighted by Gasteiger charge is 2.90. The molecule has 0 aromatic carbocycles. The Morgan fingerprint density at radius 1 is 0.333 bits per heavy atom. The molecule has 0 radical (unpaired) electrons. The number of hydrogen-bond acceptors (Lipinski definition) is 20. The van der Waals surface area contributed by atoms with Crippen LogP contribution in [-0.2, 0) is 50.6 Å². The molecule has 7 rings (SSSR count). The lowest BCUT2D eigenvalue weighted by atomic mass is 11.4. The SMILES string of the molecule is [O-][Si]12OC34O[Si]5([O-])O[Si]([O-])(O1)O[Si]1([O-])O[Si]6([O-])O[Si]([O-])(O[Si]3([O-])OC16O2)O[Si]4([O-])O5. The third kappa shape index (κ3) is 1.90. The average Bonchev–Trinajstić information content (AvgIpc) is 2.55. The lowest BCUT2D eigenvalue weighted by Crippen LogP contribution is -3.03. The van der Waals surface area contributed by atoms with E-state index in [0.717, 1.165) is 0 Å². The van der Waals surface area contributed by atoms with Crippen LogP contribution in [0.1, 0.15) is 0 Å². The van der Waals surface area contributed by atoms with Gasteiger partial charge in [-0.25, -0.2) is 0 Å². The van der Waals surface area contributed by atoms with Crippen molar-refractivity contribution in [2.75, 3.05) is 0 Å². The Hall–Kier alpha value is 0.935. The summed E-state index contributed by atoms with van der Waals surface area (Å²) in [5.74, 6) is 0. The van der Waals surface area contributed by atoms with E-state index in [-0.39, 0.29) is 0 Å². The van der Waals surface area contributed by atoms with E-state index >= 15 is 0 Å². The highest BCUT2D eigenvalue weighted by molar-refractivity contribution is 7.06. The van der Waals surface area contributed by atoms with Crippen LogP contribution in [0, 0.1) is 0 Å². The third-order valence-electron chi connectivity index (χ3n) is 4.76. The Kier molecular flexibility index (Phi) is 3.19. The number of fused-ring (bicyclic) bond motifs is 3. The molecule has 0 aliphatic carbocycles. The van der Waals surface area contributed by atoms with Crippen LogP contribution in [0.15, 0.2) is 0 Å². The normalized spacial score (nSPS) is 74.4. The van der Waals surface area contributed by atoms with Gasteiger partial charge in [-0.3, -0.25) is 0 Å². The van der Waals surface area contributed by atoms with Crippen LogP contribution in [0.25, 0.3) is 0 Å². The molecule has 7 aliphatic heterocycles. The van der Waals surface area contributed by atoms with Crippen LogP contribution in [0.5, 0.6) is 0 Å². The van der Waals surface area contributed by atoms with Crippen LogP contribution in [0.3, 0.4) is 0 Å². The summed E-state index contributed by atoms with van der Waals surface area (Å²) < 4.78 is 55.9. The first-order valence-electron chi connectivity index (χ1n) is 7.53. The van der Waals surface area contributed by atoms with Gasteiger partial charge < -0.3 is 89.0 Å². The van der Waals surface area contributed by atoms with Gasteiger partial charge in [-0.1, -0.05) is 0 Å². The van der Waals surface area contributed by atoms with Crippen molar-refractivity contribution >= 4 is 71.4 Å². The number of hydrogen-bond donors (Lipinski definition) is 0. The van der Waals surface area contributed by atoms with Crippen molar-refractivity contribution in [2.45, 2.75) is 10.1 Å². The monoisotopic (exact) mass is 568 g/mol. The topological polar surface area (TPSA) is 295 Å². The van der Waals surface area contributed by atoms with Gasteiger partial charge in [0.15, 0.2) is 0 Å². The first kappa shape index (κ1) is 20.3. The molecule has 7 bridgehead atoms. The van der Waals surface area contributed by atoms with Gasteiger partial charge in [0.1, 0.15) is 0 Å². The van der Waals surface area contributed by atoms with Gasteiger partial charge >= 0.3 is 45.0 Å². The largest absolute Gasteiger partial charge is 0.814 e. The fourth-order valence-corrected chi connectivity index (χ4v) is 38.3. The van der Waals surface area contributed by atoms with Crippen molar-refractivity contribution in [3.8, 4) is 0 Å². The minimum Gasteiger partial charge on any atom is -0.814 e. The Bertz CT molecular complexity index is 919. The quantitative estimate of drug-likeness (QED) is 0.245. The zero-order valence-corrected chi connectivity index (χ0v) is 21.2. The molecule has 28 heteroatoms. The maximum absolute atomic E-state index is 13.7. The van der Waals surface area contributed by atoms with Crippen molar-refractivity contribution in [1.29, 1.82) is 0 Å². The molecular weight excluding hydrogens is 569 g/mol. The molecule has 168 valence electrons. The maximum Gasteiger partial charge on any atom is 0.408 e. The Labute approximate surface area is 170 Å². The second-order valence-electron chi connectivity index (χ2n) is 6.68. The van der Waals surface area contributed by atoms with Crippen molar-refractivity contribution in [1.82, 2.24) is 0 Å². The van der Waals surface area contributed by atoms with Gasteiger partial charge in [0.25, 0.3) is 26.4 Å². The van der Waals surface area contributed by atoms with Gasteiger partial charge in [-0.15, -0.1) is 0 Å². The molecule has 30 heavy (non-hydrogen) atoms. The first-order valence-corrected chi connectivity index (χ1v) is 21.0. The molecule has 0 N–H and O–H groups in total. The minimum atomic E-state index is -6.18. The summed E-state index contributed by atoms with van der Waals surface area (Å²) in [4.78, 5) is 105. The molecular formula is C2O20Si8-8. The highest BCUT2D eigenvalue weighted by Crippen LogP contribution is 2.60. The van der Waals surface area contributed by atoms with Crippen LogP contribution < -0.4 is 38.4 Å². The standard InChI is InChI=1S/C2O20Si8/c3-23-2-13-27(7)12-1(11-23)24(4)15-25(1,5)19-30(10,21-27)22-28(8,14-2)17-26(2,6)20-29(9,16-23)18-24/q-8. The van der Waals surface area contributed by atoms with Crippen molar-refractivity contribution in [3.05, 3.63) is 0 Å². The summed E-state index contributed by atoms with van der Waals surface area (Å²) in [7, 11) is -47.7. The van der Waals surface area contributed by atoms with E-state index in [1.165, 1.54) is 0 Å². The summed E-state index contributed by atoms with van der Waals surface area (Å²) in [5.41, 5.74) is 0. The molecule has 7 heterocycles. The molecule has 7 fully saturated rings. The predicted molar refractivity (Wildman–Crippen MR) is 64.5 cm³/mol. The van der Waals surface area contributed by atoms with Crippen LogP contribution in [-0.4, -0.2) is 81.5 Å². The van der Waals surface area contributed by atoms with Crippen LogP contribution in [0.2, 0.25) is 0 Å². The second kappa shape index (κ2) is 4.71. The van der Waals surface area contributed by atoms with Crippen LogP contribution >= 0.6 is 0 Å². The molecule has 0 aromatic heterocycles. The lowest BCUT2D eigenvalue weighted by molar-refractivity contribution is -0.399. The summed E-state index contributed by atoms with van der Waals surface area (Å²) in [5, 5.41) is -7.32. The molecule has 0 aromatic rings. The molecule has 10 unspecified atom stereocenters. The smallest absolute Gasteiger partial charge is 0.408 e. The minimum absolute atomic E-state index is 3.60. The second-order valence-corrected chi connectivity index (χ2v) is 26.1. The van der Waals surface area contributed by atoms with E-state index in [4.69, 9.17) is 17.7 Å². The average molecular weight is 569 g/mol. The number of rotatable bonds is 0. The Morgan fingerprint density at radius 2 is 0.700 bits per heavy atom. The molecule has 0 amide bonds. The van der Waals surface area contributed by atoms with Gasteiger partial charge in [0.05, 0.1) is 0 Å². The summed E-state index contributed by atoms with van der Waals surface area (Å²) in [6.07, 6.45) is 0. The summed E-state index contributed by atoms with van der Waals surface area (Å²) in [6, 6.07) is 0. The molecule has 7 aliphatic rings. The fourth-order valence-electron chi connectivity index (χ4n) is 3.76. The zero-order valence-electron chi connectivity index (χ0n) is 13.2. The maximum atomic E-state index is 13.7. The first-order chi connectivity index (χ1) is 13.5. The van der Waals surface area contributed by atoms with Crippen molar-refractivity contribution < 1.29 is 89.0 Å². The molecule has 0 saturated carbocycles. The Morgan fingerprint density at radius 3 is 1.30 bits per heavy atom. The Balaban J connectivity index is 1.62. The third-order valence-corrected chi connectivity index (χ3v) is 32.8. The fraction of sp³-hybridized carbons (Fsp3) is 1.00. The lowest BCUT2D eigenvalue weighted by Gasteiger charge is -2.72. The highest BCUT2D eigenvalue weighted by atomic mass is 28.6. The molecule has 10 atom stereocenters. The summed E-state index contributed by atoms with van der Waals surface area (Å²) in [6.45, 7) is 0. The predicted octanol–water partition coefficient (Wildman–Crippen LogP) is -13.8. The molecule has 2 spiro atoms. The van der Waals surface area contributed by atoms with Crippen LogP contribution in [0.4, 0.5) is 0 Å². The van der Waals surface area contributed by atoms with Gasteiger partial charge in [-0.05, 0) is 0 Å². The molecule has 7 saturated heterocycles. The van der Waals surface area contributed by atoms with E-state index < -0.39 is 81.5 Å². The molecule has 20 nitrogen and oxygen atoms in total. The van der Waals surface area contributed by atoms with E-state index in [9.17, 15) is 38.4 Å². The zero-order chi connectivity index (χ0) is 21.5. The van der Waals surface area contributed by atoms with E-state index in [2.05, 4.69) is 32.9 Å². The van der Waals surface area contributed by atoms with Crippen molar-refractivity contribution in [2.24, 2.45) is 0 Å². The van der Waals surface area contributed by atoms with Crippen molar-refractivity contribution in [3.63, 3.8) is 0 Å². The van der Waals surface area contributed by atoms with E-state index in [1.54, 1.807) is 0 Å². The van der Waals surface area contributed by atoms with Gasteiger partial charge in [-0.2, -0.15) is 0 Å². The summed E-state index contributed by atoms with van der Waals surface area (Å²) >= 11 is 0. The van der Waals surface area contributed by atoms with Gasteiger partial charge in [0, 0.05) is 0 Å². The van der Waals surface area contributed by atoms with Gasteiger partial charge in [0.2, 0.25) is 10.1 Å².